The summed E-state index contributed by atoms with van der Waals surface area (Å²) in [5, 5.41) is 13.2. The molecule has 1 aliphatic heterocycles. The molecule has 2 N–H and O–H groups in total. The van der Waals surface area contributed by atoms with Crippen molar-refractivity contribution in [3.05, 3.63) is 28.8 Å². The van der Waals surface area contributed by atoms with Crippen LogP contribution in [0, 0.1) is 0 Å². The van der Waals surface area contributed by atoms with Crippen molar-refractivity contribution in [1.29, 1.82) is 0 Å². The van der Waals surface area contributed by atoms with Crippen LogP contribution < -0.4 is 5.32 Å². The maximum atomic E-state index is 12.1. The highest BCUT2D eigenvalue weighted by Crippen LogP contribution is 2.23. The predicted octanol–water partition coefficient (Wildman–Crippen LogP) is 1.94. The number of ether oxygens (including phenoxy) is 1. The second-order valence-corrected chi connectivity index (χ2v) is 5.84. The SMILES string of the molecule is CSc1ccc(Cl)c(C(=O)NCC2(O)CCOC2)c1. The lowest BCUT2D eigenvalue weighted by atomic mass is 10.0. The molecule has 0 saturated carbocycles. The van der Waals surface area contributed by atoms with Gasteiger partial charge in [0.2, 0.25) is 0 Å². The van der Waals surface area contributed by atoms with E-state index in [1.54, 1.807) is 23.9 Å². The molecular formula is C13H16ClNO3S. The maximum absolute atomic E-state index is 12.1. The van der Waals surface area contributed by atoms with Crippen molar-refractivity contribution in [2.75, 3.05) is 26.0 Å². The van der Waals surface area contributed by atoms with Crippen LogP contribution in [-0.2, 0) is 4.74 Å². The summed E-state index contributed by atoms with van der Waals surface area (Å²) < 4.78 is 5.13. The molecule has 4 nitrogen and oxygen atoms in total. The van der Waals surface area contributed by atoms with Crippen LogP contribution in [0.2, 0.25) is 5.02 Å². The summed E-state index contributed by atoms with van der Waals surface area (Å²) in [6, 6.07) is 5.31. The molecule has 1 aromatic carbocycles. The number of carbonyl (C=O) groups excluding carboxylic acids is 1. The Labute approximate surface area is 121 Å². The molecule has 6 heteroatoms. The molecule has 1 unspecified atom stereocenters. The van der Waals surface area contributed by atoms with Crippen LogP contribution in [-0.4, -0.2) is 42.6 Å². The number of thioether (sulfide) groups is 1. The molecule has 1 saturated heterocycles. The van der Waals surface area contributed by atoms with Crippen molar-refractivity contribution in [3.8, 4) is 0 Å². The minimum absolute atomic E-state index is 0.172. The highest BCUT2D eigenvalue weighted by atomic mass is 35.5. The minimum Gasteiger partial charge on any atom is -0.386 e. The van der Waals surface area contributed by atoms with E-state index in [0.29, 0.717) is 23.6 Å². The molecular weight excluding hydrogens is 286 g/mol. The van der Waals surface area contributed by atoms with Crippen molar-refractivity contribution >= 4 is 29.3 Å². The van der Waals surface area contributed by atoms with Gasteiger partial charge in [0, 0.05) is 24.5 Å². The second-order valence-electron chi connectivity index (χ2n) is 4.56. The standard InChI is InChI=1S/C13H16ClNO3S/c1-19-9-2-3-11(14)10(6-9)12(16)15-7-13(17)4-5-18-8-13/h2-3,6,17H,4-5,7-8H2,1H3,(H,15,16). The molecule has 0 bridgehead atoms. The first kappa shape index (κ1) is 14.7. The van der Waals surface area contributed by atoms with Crippen LogP contribution in [0.3, 0.4) is 0 Å². The Kier molecular flexibility index (Phi) is 4.73. The van der Waals surface area contributed by atoms with Gasteiger partial charge in [0.15, 0.2) is 0 Å². The minimum atomic E-state index is -0.959. The zero-order valence-corrected chi connectivity index (χ0v) is 12.2. The summed E-state index contributed by atoms with van der Waals surface area (Å²) in [6.07, 6.45) is 2.47. The van der Waals surface area contributed by atoms with Gasteiger partial charge >= 0.3 is 0 Å². The van der Waals surface area contributed by atoms with Crippen LogP contribution in [0.25, 0.3) is 0 Å². The Hall–Kier alpha value is -0.750. The van der Waals surface area contributed by atoms with Gasteiger partial charge in [-0.15, -0.1) is 11.8 Å². The first-order chi connectivity index (χ1) is 9.04. The molecule has 104 valence electrons. The summed E-state index contributed by atoms with van der Waals surface area (Å²) in [5.74, 6) is -0.277. The van der Waals surface area contributed by atoms with E-state index in [-0.39, 0.29) is 19.1 Å². The number of hydrogen-bond donors (Lipinski definition) is 2. The van der Waals surface area contributed by atoms with Crippen LogP contribution in [0.15, 0.2) is 23.1 Å². The van der Waals surface area contributed by atoms with Crippen LogP contribution in [0.4, 0.5) is 0 Å². The van der Waals surface area contributed by atoms with Gasteiger partial charge in [-0.05, 0) is 24.5 Å². The molecule has 1 atom stereocenters. The van der Waals surface area contributed by atoms with Gasteiger partial charge in [0.1, 0.15) is 5.60 Å². The maximum Gasteiger partial charge on any atom is 0.252 e. The average Bonchev–Trinajstić information content (AvgIpc) is 2.84. The highest BCUT2D eigenvalue weighted by molar-refractivity contribution is 7.98. The number of nitrogens with one attached hydrogen (secondary N) is 1. The van der Waals surface area contributed by atoms with Crippen LogP contribution >= 0.6 is 23.4 Å². The molecule has 2 rings (SSSR count). The van der Waals surface area contributed by atoms with Crippen molar-refractivity contribution in [2.24, 2.45) is 0 Å². The lowest BCUT2D eigenvalue weighted by molar-refractivity contribution is 0.0264. The van der Waals surface area contributed by atoms with E-state index in [0.717, 1.165) is 4.90 Å². The zero-order valence-electron chi connectivity index (χ0n) is 10.6. The van der Waals surface area contributed by atoms with Gasteiger partial charge in [0.25, 0.3) is 5.91 Å². The fraction of sp³-hybridized carbons (Fsp3) is 0.462. The molecule has 1 amide bonds. The second kappa shape index (κ2) is 6.13. The lowest BCUT2D eigenvalue weighted by Gasteiger charge is -2.20. The molecule has 0 spiro atoms. The number of carbonyl (C=O) groups is 1. The van der Waals surface area contributed by atoms with Crippen molar-refractivity contribution in [3.63, 3.8) is 0 Å². The van der Waals surface area contributed by atoms with Gasteiger partial charge < -0.3 is 15.2 Å². The summed E-state index contributed by atoms with van der Waals surface area (Å²) in [5.41, 5.74) is -0.532. The van der Waals surface area contributed by atoms with Gasteiger partial charge in [-0.2, -0.15) is 0 Å². The van der Waals surface area contributed by atoms with Crippen LogP contribution in [0.5, 0.6) is 0 Å². The quantitative estimate of drug-likeness (QED) is 0.835. The summed E-state index contributed by atoms with van der Waals surface area (Å²) in [4.78, 5) is 13.0. The normalized spacial score (nSPS) is 22.5. The van der Waals surface area contributed by atoms with E-state index in [9.17, 15) is 9.90 Å². The van der Waals surface area contributed by atoms with Crippen molar-refractivity contribution < 1.29 is 14.6 Å². The topological polar surface area (TPSA) is 58.6 Å². The smallest absolute Gasteiger partial charge is 0.252 e. The van der Waals surface area contributed by atoms with Gasteiger partial charge in [-0.1, -0.05) is 11.6 Å². The number of halogens is 1. The molecule has 1 aliphatic rings. The first-order valence-corrected chi connectivity index (χ1v) is 7.56. The Morgan fingerprint density at radius 2 is 2.42 bits per heavy atom. The molecule has 0 radical (unpaired) electrons. The fourth-order valence-corrected chi connectivity index (χ4v) is 2.52. The van der Waals surface area contributed by atoms with E-state index in [1.165, 1.54) is 0 Å². The average molecular weight is 302 g/mol. The van der Waals surface area contributed by atoms with E-state index in [1.807, 2.05) is 12.3 Å². The third-order valence-electron chi connectivity index (χ3n) is 3.08. The monoisotopic (exact) mass is 301 g/mol. The Morgan fingerprint density at radius 3 is 3.05 bits per heavy atom. The number of amides is 1. The Bertz CT molecular complexity index is 475. The lowest BCUT2D eigenvalue weighted by Crippen LogP contribution is -2.43. The van der Waals surface area contributed by atoms with Crippen molar-refractivity contribution in [2.45, 2.75) is 16.9 Å². The number of aliphatic hydroxyl groups is 1. The van der Waals surface area contributed by atoms with Crippen molar-refractivity contribution in [1.82, 2.24) is 5.32 Å². The highest BCUT2D eigenvalue weighted by Gasteiger charge is 2.32. The van der Waals surface area contributed by atoms with E-state index in [4.69, 9.17) is 16.3 Å². The molecule has 1 aromatic rings. The largest absolute Gasteiger partial charge is 0.386 e. The Morgan fingerprint density at radius 1 is 1.63 bits per heavy atom. The third kappa shape index (κ3) is 3.63. The van der Waals surface area contributed by atoms with Crippen LogP contribution in [0.1, 0.15) is 16.8 Å². The number of benzene rings is 1. The summed E-state index contributed by atoms with van der Waals surface area (Å²) >= 11 is 7.56. The number of hydrogen-bond acceptors (Lipinski definition) is 4. The third-order valence-corrected chi connectivity index (χ3v) is 4.13. The summed E-state index contributed by atoms with van der Waals surface area (Å²) in [6.45, 7) is 0.951. The predicted molar refractivity (Wildman–Crippen MR) is 76.0 cm³/mol. The molecule has 1 fully saturated rings. The first-order valence-electron chi connectivity index (χ1n) is 5.96. The fourth-order valence-electron chi connectivity index (χ4n) is 1.88. The van der Waals surface area contributed by atoms with Gasteiger partial charge in [-0.3, -0.25) is 4.79 Å². The van der Waals surface area contributed by atoms with E-state index >= 15 is 0 Å². The van der Waals surface area contributed by atoms with E-state index < -0.39 is 5.60 Å². The van der Waals surface area contributed by atoms with Gasteiger partial charge in [0.05, 0.1) is 17.2 Å². The number of rotatable bonds is 4. The molecule has 0 aromatic heterocycles. The van der Waals surface area contributed by atoms with E-state index in [2.05, 4.69) is 5.32 Å². The zero-order chi connectivity index (χ0) is 13.9. The molecule has 0 aliphatic carbocycles. The molecule has 1 heterocycles. The summed E-state index contributed by atoms with van der Waals surface area (Å²) in [7, 11) is 0. The van der Waals surface area contributed by atoms with Gasteiger partial charge in [-0.25, -0.2) is 0 Å². The Balaban J connectivity index is 2.03. The molecule has 19 heavy (non-hydrogen) atoms.